The molecule has 5 nitrogen and oxygen atoms in total. The lowest BCUT2D eigenvalue weighted by atomic mass is 10.2. The van der Waals surface area contributed by atoms with E-state index < -0.39 is 15.8 Å². The molecule has 20 heavy (non-hydrogen) atoms. The zero-order valence-corrected chi connectivity index (χ0v) is 12.9. The number of sulfonamides is 1. The fourth-order valence-electron chi connectivity index (χ4n) is 2.29. The minimum Gasteiger partial charge on any atom is -0.348 e. The molecule has 0 aromatic heterocycles. The average molecular weight is 299 g/mol. The molecule has 1 aromatic carbocycles. The third kappa shape index (κ3) is 3.58. The van der Waals surface area contributed by atoms with Crippen LogP contribution in [0, 0.1) is 13.8 Å². The number of aryl methyl sites for hydroxylation is 2. The molecule has 0 bridgehead atoms. The molecule has 1 N–H and O–H groups in total. The topological polar surface area (TPSA) is 64.6 Å². The van der Waals surface area contributed by atoms with Crippen LogP contribution in [-0.4, -0.2) is 34.0 Å². The molecule has 2 rings (SSSR count). The highest BCUT2D eigenvalue weighted by atomic mass is 32.2. The summed E-state index contributed by atoms with van der Waals surface area (Å²) in [4.78, 5) is 0.321. The first-order chi connectivity index (χ1) is 9.32. The molecule has 1 saturated heterocycles. The van der Waals surface area contributed by atoms with Gasteiger partial charge in [-0.2, -0.15) is 0 Å². The van der Waals surface area contributed by atoms with Gasteiger partial charge in [-0.25, -0.2) is 13.1 Å². The fraction of sp³-hybridized carbons (Fsp3) is 0.571. The van der Waals surface area contributed by atoms with Gasteiger partial charge in [-0.05, 0) is 32.4 Å². The summed E-state index contributed by atoms with van der Waals surface area (Å²) in [6.45, 7) is 6.96. The highest BCUT2D eigenvalue weighted by Crippen LogP contribution is 2.22. The number of rotatable bonds is 5. The van der Waals surface area contributed by atoms with E-state index in [0.29, 0.717) is 24.5 Å². The van der Waals surface area contributed by atoms with E-state index in [1.54, 1.807) is 19.1 Å². The zero-order valence-electron chi connectivity index (χ0n) is 12.1. The Morgan fingerprint density at radius 3 is 2.50 bits per heavy atom. The van der Waals surface area contributed by atoms with Gasteiger partial charge in [-0.15, -0.1) is 0 Å². The minimum absolute atomic E-state index is 0.284. The largest absolute Gasteiger partial charge is 0.348 e. The summed E-state index contributed by atoms with van der Waals surface area (Å²) in [5.74, 6) is -0.676. The molecule has 0 amide bonds. The van der Waals surface area contributed by atoms with E-state index in [9.17, 15) is 8.42 Å². The van der Waals surface area contributed by atoms with Crippen molar-refractivity contribution in [3.8, 4) is 0 Å². The molecule has 0 saturated carbocycles. The fourth-order valence-corrected chi connectivity index (χ4v) is 3.55. The summed E-state index contributed by atoms with van der Waals surface area (Å²) in [7, 11) is -3.49. The Hall–Kier alpha value is -0.950. The normalized spacial score (nSPS) is 18.4. The van der Waals surface area contributed by atoms with Crippen LogP contribution in [0.3, 0.4) is 0 Å². The van der Waals surface area contributed by atoms with E-state index in [4.69, 9.17) is 9.47 Å². The summed E-state index contributed by atoms with van der Waals surface area (Å²) in [6.07, 6.45) is 0.483. The van der Waals surface area contributed by atoms with Crippen molar-refractivity contribution in [1.82, 2.24) is 4.72 Å². The van der Waals surface area contributed by atoms with E-state index in [2.05, 4.69) is 4.72 Å². The number of hydrogen-bond donors (Lipinski definition) is 1. The summed E-state index contributed by atoms with van der Waals surface area (Å²) >= 11 is 0. The van der Waals surface area contributed by atoms with Gasteiger partial charge in [0.25, 0.3) is 0 Å². The first-order valence-corrected chi connectivity index (χ1v) is 8.16. The predicted molar refractivity (Wildman–Crippen MR) is 76.0 cm³/mol. The average Bonchev–Trinajstić information content (AvgIpc) is 2.75. The Morgan fingerprint density at radius 1 is 1.25 bits per heavy atom. The van der Waals surface area contributed by atoms with Crippen molar-refractivity contribution >= 4 is 10.0 Å². The van der Waals surface area contributed by atoms with E-state index in [0.717, 1.165) is 11.1 Å². The second-order valence-electron chi connectivity index (χ2n) is 5.25. The zero-order chi connectivity index (χ0) is 14.8. The van der Waals surface area contributed by atoms with Gasteiger partial charge >= 0.3 is 0 Å². The van der Waals surface area contributed by atoms with Crippen LogP contribution in [0.1, 0.15) is 24.5 Å². The molecule has 1 heterocycles. The van der Waals surface area contributed by atoms with Crippen molar-refractivity contribution in [2.75, 3.05) is 19.8 Å². The van der Waals surface area contributed by atoms with Gasteiger partial charge in [-0.1, -0.05) is 17.7 Å². The Morgan fingerprint density at radius 2 is 1.90 bits per heavy atom. The van der Waals surface area contributed by atoms with Gasteiger partial charge < -0.3 is 9.47 Å². The summed E-state index contributed by atoms with van der Waals surface area (Å²) in [5, 5.41) is 0. The molecule has 6 heteroatoms. The maximum absolute atomic E-state index is 12.2. The molecule has 0 unspecified atom stereocenters. The maximum atomic E-state index is 12.2. The molecule has 1 aromatic rings. The first-order valence-electron chi connectivity index (χ1n) is 6.67. The molecular weight excluding hydrogens is 278 g/mol. The SMILES string of the molecule is Cc1ccc(S(=O)(=O)NCCC2(C)OCCO2)c(C)c1. The molecule has 0 spiro atoms. The van der Waals surface area contributed by atoms with Crippen LogP contribution in [0.15, 0.2) is 23.1 Å². The number of benzene rings is 1. The predicted octanol–water partition coefficient (Wildman–Crippen LogP) is 1.73. The molecule has 1 fully saturated rings. The lowest BCUT2D eigenvalue weighted by Crippen LogP contribution is -2.33. The molecule has 1 aliphatic rings. The van der Waals surface area contributed by atoms with E-state index in [1.807, 2.05) is 19.9 Å². The number of ether oxygens (including phenoxy) is 2. The van der Waals surface area contributed by atoms with Crippen LogP contribution in [0.2, 0.25) is 0 Å². The third-order valence-electron chi connectivity index (χ3n) is 3.39. The Labute approximate surface area is 120 Å². The smallest absolute Gasteiger partial charge is 0.240 e. The Kier molecular flexibility index (Phi) is 4.49. The standard InChI is InChI=1S/C14H21NO4S/c1-11-4-5-13(12(2)10-11)20(16,17)15-7-6-14(3)18-8-9-19-14/h4-5,10,15H,6-9H2,1-3H3. The van der Waals surface area contributed by atoms with Crippen molar-refractivity contribution < 1.29 is 17.9 Å². The minimum atomic E-state index is -3.49. The van der Waals surface area contributed by atoms with Crippen molar-refractivity contribution in [3.05, 3.63) is 29.3 Å². The molecule has 1 aliphatic heterocycles. The highest BCUT2D eigenvalue weighted by molar-refractivity contribution is 7.89. The van der Waals surface area contributed by atoms with Crippen molar-refractivity contribution in [2.24, 2.45) is 0 Å². The maximum Gasteiger partial charge on any atom is 0.240 e. The molecule has 0 radical (unpaired) electrons. The van der Waals surface area contributed by atoms with Gasteiger partial charge in [0, 0.05) is 13.0 Å². The molecule has 0 aliphatic carbocycles. The molecule has 0 atom stereocenters. The number of hydrogen-bond acceptors (Lipinski definition) is 4. The lowest BCUT2D eigenvalue weighted by molar-refractivity contribution is -0.145. The van der Waals surface area contributed by atoms with Gasteiger partial charge in [0.15, 0.2) is 5.79 Å². The van der Waals surface area contributed by atoms with E-state index >= 15 is 0 Å². The van der Waals surface area contributed by atoms with Crippen molar-refractivity contribution in [2.45, 2.75) is 37.9 Å². The summed E-state index contributed by atoms with van der Waals surface area (Å²) in [6, 6.07) is 5.29. The molecule has 112 valence electrons. The van der Waals surface area contributed by atoms with Crippen LogP contribution in [0.4, 0.5) is 0 Å². The Bertz CT molecular complexity index is 577. The van der Waals surface area contributed by atoms with Crippen LogP contribution in [0.5, 0.6) is 0 Å². The van der Waals surface area contributed by atoms with E-state index in [1.165, 1.54) is 0 Å². The van der Waals surface area contributed by atoms with Gasteiger partial charge in [0.2, 0.25) is 10.0 Å². The summed E-state index contributed by atoms with van der Waals surface area (Å²) in [5.41, 5.74) is 1.79. The lowest BCUT2D eigenvalue weighted by Gasteiger charge is -2.22. The van der Waals surface area contributed by atoms with Crippen LogP contribution in [0.25, 0.3) is 0 Å². The quantitative estimate of drug-likeness (QED) is 0.899. The first kappa shape index (κ1) is 15.4. The van der Waals surface area contributed by atoms with Crippen LogP contribution < -0.4 is 4.72 Å². The highest BCUT2D eigenvalue weighted by Gasteiger charge is 2.31. The Balaban J connectivity index is 2.00. The summed E-state index contributed by atoms with van der Waals surface area (Å²) < 4.78 is 38.0. The van der Waals surface area contributed by atoms with Gasteiger partial charge in [0.1, 0.15) is 0 Å². The van der Waals surface area contributed by atoms with E-state index in [-0.39, 0.29) is 6.54 Å². The van der Waals surface area contributed by atoms with Crippen LogP contribution in [-0.2, 0) is 19.5 Å². The van der Waals surface area contributed by atoms with Gasteiger partial charge in [0.05, 0.1) is 18.1 Å². The third-order valence-corrected chi connectivity index (χ3v) is 5.01. The monoisotopic (exact) mass is 299 g/mol. The van der Waals surface area contributed by atoms with Crippen molar-refractivity contribution in [1.29, 1.82) is 0 Å². The van der Waals surface area contributed by atoms with Gasteiger partial charge in [-0.3, -0.25) is 0 Å². The molecular formula is C14H21NO4S. The number of nitrogens with one attached hydrogen (secondary N) is 1. The van der Waals surface area contributed by atoms with Crippen LogP contribution >= 0.6 is 0 Å². The van der Waals surface area contributed by atoms with Crippen molar-refractivity contribution in [3.63, 3.8) is 0 Å². The second kappa shape index (κ2) is 5.81. The second-order valence-corrected chi connectivity index (χ2v) is 6.98.